The first-order valence-corrected chi connectivity index (χ1v) is 8.77. The topological polar surface area (TPSA) is 72.2 Å². The van der Waals surface area contributed by atoms with E-state index in [9.17, 15) is 9.59 Å². The summed E-state index contributed by atoms with van der Waals surface area (Å²) in [7, 11) is 0. The van der Waals surface area contributed by atoms with Crippen molar-refractivity contribution in [3.63, 3.8) is 0 Å². The fourth-order valence-corrected chi connectivity index (χ4v) is 4.01. The SMILES string of the molecule is CCc1c(C)sc(NC(=O)C=Cc2c(Cl)cccc2Cl)c1C(N)=O. The van der Waals surface area contributed by atoms with Gasteiger partial charge in [-0.25, -0.2) is 0 Å². The molecule has 2 aromatic rings. The highest BCUT2D eigenvalue weighted by atomic mass is 35.5. The number of carbonyl (C=O) groups excluding carboxylic acids is 2. The predicted molar refractivity (Wildman–Crippen MR) is 101 cm³/mol. The Hall–Kier alpha value is -1.82. The number of rotatable bonds is 5. The van der Waals surface area contributed by atoms with Gasteiger partial charge in [0.05, 0.1) is 5.56 Å². The molecule has 1 aromatic carbocycles. The van der Waals surface area contributed by atoms with Crippen molar-refractivity contribution in [3.8, 4) is 0 Å². The van der Waals surface area contributed by atoms with E-state index in [2.05, 4.69) is 5.32 Å². The highest BCUT2D eigenvalue weighted by molar-refractivity contribution is 7.16. The smallest absolute Gasteiger partial charge is 0.251 e. The molecule has 0 saturated carbocycles. The number of nitrogens with one attached hydrogen (secondary N) is 1. The number of halogens is 2. The van der Waals surface area contributed by atoms with Gasteiger partial charge < -0.3 is 11.1 Å². The maximum Gasteiger partial charge on any atom is 0.251 e. The lowest BCUT2D eigenvalue weighted by molar-refractivity contribution is -0.111. The summed E-state index contributed by atoms with van der Waals surface area (Å²) in [5.41, 5.74) is 7.24. The second-order valence-electron chi connectivity index (χ2n) is 5.02. The van der Waals surface area contributed by atoms with E-state index in [1.165, 1.54) is 23.5 Å². The minimum Gasteiger partial charge on any atom is -0.365 e. The van der Waals surface area contributed by atoms with Crippen LogP contribution >= 0.6 is 34.5 Å². The number of aryl methyl sites for hydroxylation is 1. The predicted octanol–water partition coefficient (Wildman–Crippen LogP) is 4.68. The number of hydrogen-bond donors (Lipinski definition) is 2. The monoisotopic (exact) mass is 382 g/mol. The van der Waals surface area contributed by atoms with Crippen LogP contribution in [0.5, 0.6) is 0 Å². The molecule has 0 atom stereocenters. The van der Waals surface area contributed by atoms with E-state index >= 15 is 0 Å². The van der Waals surface area contributed by atoms with Gasteiger partial charge in [0.25, 0.3) is 5.91 Å². The Bertz CT molecular complexity index is 808. The molecule has 0 aliphatic heterocycles. The molecule has 1 aromatic heterocycles. The van der Waals surface area contributed by atoms with Gasteiger partial charge in [0.15, 0.2) is 0 Å². The largest absolute Gasteiger partial charge is 0.365 e. The number of amides is 2. The Kier molecular flexibility index (Phi) is 6.04. The molecule has 24 heavy (non-hydrogen) atoms. The summed E-state index contributed by atoms with van der Waals surface area (Å²) in [5.74, 6) is -0.943. The van der Waals surface area contributed by atoms with Crippen LogP contribution in [0.3, 0.4) is 0 Å². The average molecular weight is 383 g/mol. The highest BCUT2D eigenvalue weighted by Crippen LogP contribution is 2.33. The van der Waals surface area contributed by atoms with Gasteiger partial charge in [0.1, 0.15) is 5.00 Å². The zero-order valence-electron chi connectivity index (χ0n) is 13.2. The van der Waals surface area contributed by atoms with Crippen LogP contribution in [0.1, 0.15) is 33.3 Å². The van der Waals surface area contributed by atoms with Crippen molar-refractivity contribution in [3.05, 3.63) is 55.9 Å². The Morgan fingerprint density at radius 2 is 1.92 bits per heavy atom. The number of benzene rings is 1. The fraction of sp³-hybridized carbons (Fsp3) is 0.176. The first-order chi connectivity index (χ1) is 11.3. The van der Waals surface area contributed by atoms with Gasteiger partial charge in [-0.05, 0) is 37.1 Å². The molecule has 7 heteroatoms. The number of carbonyl (C=O) groups is 2. The molecule has 0 saturated heterocycles. The van der Waals surface area contributed by atoms with Crippen LogP contribution in [0.2, 0.25) is 10.0 Å². The van der Waals surface area contributed by atoms with E-state index in [-0.39, 0.29) is 0 Å². The van der Waals surface area contributed by atoms with Crippen molar-refractivity contribution in [1.82, 2.24) is 0 Å². The molecule has 1 heterocycles. The van der Waals surface area contributed by atoms with Crippen molar-refractivity contribution in [2.75, 3.05) is 5.32 Å². The van der Waals surface area contributed by atoms with Crippen LogP contribution in [-0.4, -0.2) is 11.8 Å². The second kappa shape index (κ2) is 7.83. The number of primary amides is 1. The molecule has 2 amide bonds. The van der Waals surface area contributed by atoms with Gasteiger partial charge >= 0.3 is 0 Å². The number of nitrogens with two attached hydrogens (primary N) is 1. The fourth-order valence-electron chi connectivity index (χ4n) is 2.34. The lowest BCUT2D eigenvalue weighted by Gasteiger charge is -2.04. The van der Waals surface area contributed by atoms with Gasteiger partial charge in [-0.15, -0.1) is 11.3 Å². The third-order valence-electron chi connectivity index (χ3n) is 3.45. The molecule has 0 radical (unpaired) electrons. The molecule has 0 aliphatic carbocycles. The van der Waals surface area contributed by atoms with Crippen molar-refractivity contribution in [1.29, 1.82) is 0 Å². The molecular formula is C17H16Cl2N2O2S. The van der Waals surface area contributed by atoms with E-state index in [0.717, 1.165) is 10.4 Å². The maximum absolute atomic E-state index is 12.2. The quantitative estimate of drug-likeness (QED) is 0.736. The molecule has 4 nitrogen and oxygen atoms in total. The maximum atomic E-state index is 12.2. The molecule has 126 valence electrons. The molecule has 0 fully saturated rings. The Morgan fingerprint density at radius 3 is 2.46 bits per heavy atom. The molecule has 0 spiro atoms. The zero-order chi connectivity index (χ0) is 17.9. The molecule has 0 unspecified atom stereocenters. The summed E-state index contributed by atoms with van der Waals surface area (Å²) in [5, 5.41) is 4.06. The van der Waals surface area contributed by atoms with E-state index in [4.69, 9.17) is 28.9 Å². The Morgan fingerprint density at radius 1 is 1.29 bits per heavy atom. The summed E-state index contributed by atoms with van der Waals surface area (Å²) in [6, 6.07) is 5.10. The van der Waals surface area contributed by atoms with E-state index in [0.29, 0.717) is 32.6 Å². The first-order valence-electron chi connectivity index (χ1n) is 7.20. The van der Waals surface area contributed by atoms with Gasteiger partial charge in [-0.2, -0.15) is 0 Å². The van der Waals surface area contributed by atoms with Gasteiger partial charge in [0.2, 0.25) is 5.91 Å². The first kappa shape index (κ1) is 18.5. The van der Waals surface area contributed by atoms with Crippen LogP contribution in [0, 0.1) is 6.92 Å². The average Bonchev–Trinajstić information content (AvgIpc) is 2.82. The zero-order valence-corrected chi connectivity index (χ0v) is 15.5. The summed E-state index contributed by atoms with van der Waals surface area (Å²) >= 11 is 13.4. The van der Waals surface area contributed by atoms with Crippen LogP contribution in [0.15, 0.2) is 24.3 Å². The van der Waals surface area contributed by atoms with Crippen LogP contribution in [-0.2, 0) is 11.2 Å². The van der Waals surface area contributed by atoms with E-state index < -0.39 is 11.8 Å². The molecular weight excluding hydrogens is 367 g/mol. The molecule has 3 N–H and O–H groups in total. The number of hydrogen-bond acceptors (Lipinski definition) is 3. The van der Waals surface area contributed by atoms with Crippen molar-refractivity contribution in [2.24, 2.45) is 5.73 Å². The van der Waals surface area contributed by atoms with Gasteiger partial charge in [-0.1, -0.05) is 36.2 Å². The standard InChI is InChI=1S/C17H16Cl2N2O2S/c1-3-10-9(2)24-17(15(10)16(20)23)21-14(22)8-7-11-12(18)5-4-6-13(11)19/h4-8H,3H2,1-2H3,(H2,20,23)(H,21,22). The Labute approximate surface area is 154 Å². The molecule has 0 aliphatic rings. The van der Waals surface area contributed by atoms with Crippen LogP contribution in [0.25, 0.3) is 6.08 Å². The minimum absolute atomic E-state index is 0.373. The van der Waals surface area contributed by atoms with Crippen molar-refractivity contribution >= 4 is 57.4 Å². The second-order valence-corrected chi connectivity index (χ2v) is 7.06. The van der Waals surface area contributed by atoms with Crippen molar-refractivity contribution in [2.45, 2.75) is 20.3 Å². The summed E-state index contributed by atoms with van der Waals surface area (Å²) in [6.07, 6.45) is 3.52. The van der Waals surface area contributed by atoms with E-state index in [1.54, 1.807) is 18.2 Å². The highest BCUT2D eigenvalue weighted by Gasteiger charge is 2.19. The lowest BCUT2D eigenvalue weighted by atomic mass is 10.1. The lowest BCUT2D eigenvalue weighted by Crippen LogP contribution is -2.16. The Balaban J connectivity index is 2.25. The van der Waals surface area contributed by atoms with Gasteiger partial charge in [0, 0.05) is 26.6 Å². The van der Waals surface area contributed by atoms with Gasteiger partial charge in [-0.3, -0.25) is 9.59 Å². The molecule has 2 rings (SSSR count). The number of thiophene rings is 1. The van der Waals surface area contributed by atoms with Crippen LogP contribution < -0.4 is 11.1 Å². The third-order valence-corrected chi connectivity index (χ3v) is 5.17. The number of anilines is 1. The van der Waals surface area contributed by atoms with E-state index in [1.807, 2.05) is 13.8 Å². The minimum atomic E-state index is -0.551. The van der Waals surface area contributed by atoms with Crippen molar-refractivity contribution < 1.29 is 9.59 Å². The summed E-state index contributed by atoms with van der Waals surface area (Å²) < 4.78 is 0. The third kappa shape index (κ3) is 3.98. The summed E-state index contributed by atoms with van der Waals surface area (Å²) in [4.78, 5) is 24.8. The van der Waals surface area contributed by atoms with Crippen LogP contribution in [0.4, 0.5) is 5.00 Å². The summed E-state index contributed by atoms with van der Waals surface area (Å²) in [6.45, 7) is 3.83. The normalized spacial score (nSPS) is 11.0. The molecule has 0 bridgehead atoms.